The molecule has 2 heterocycles. The van der Waals surface area contributed by atoms with Crippen LogP contribution in [0.25, 0.3) is 22.3 Å². The van der Waals surface area contributed by atoms with Gasteiger partial charge in [-0.3, -0.25) is 0 Å². The van der Waals surface area contributed by atoms with Gasteiger partial charge in [0.05, 0.1) is 0 Å². The number of unbranched alkanes of at least 4 members (excludes halogenated alkanes) is 7. The van der Waals surface area contributed by atoms with Crippen molar-refractivity contribution in [2.75, 3.05) is 0 Å². The maximum Gasteiger partial charge on any atom is 0.229 e. The molecule has 4 nitrogen and oxygen atoms in total. The van der Waals surface area contributed by atoms with Gasteiger partial charge in [0.15, 0.2) is 0 Å². The topological polar surface area (TPSA) is 43.9 Å². The maximum atomic E-state index is 5.61. The van der Waals surface area contributed by atoms with E-state index < -0.39 is 0 Å². The number of hydrogen-bond donors (Lipinski definition) is 0. The number of nitrogens with zero attached hydrogens (tertiary/aromatic N) is 3. The third kappa shape index (κ3) is 5.71. The van der Waals surface area contributed by atoms with Crippen LogP contribution in [0.5, 0.6) is 0 Å². The van der Waals surface area contributed by atoms with Crippen LogP contribution in [0, 0.1) is 0 Å². The molecular weight excluding hydrogens is 358 g/mol. The van der Waals surface area contributed by atoms with Gasteiger partial charge < -0.3 is 9.09 Å². The van der Waals surface area contributed by atoms with Crippen molar-refractivity contribution >= 4 is 10.9 Å². The van der Waals surface area contributed by atoms with Crippen LogP contribution >= 0.6 is 0 Å². The number of benzene rings is 1. The van der Waals surface area contributed by atoms with Gasteiger partial charge in [0.25, 0.3) is 0 Å². The van der Waals surface area contributed by atoms with E-state index in [4.69, 9.17) is 9.51 Å². The summed E-state index contributed by atoms with van der Waals surface area (Å²) in [5.41, 5.74) is 2.35. The van der Waals surface area contributed by atoms with Gasteiger partial charge in [0, 0.05) is 35.1 Å². The predicted molar refractivity (Wildman–Crippen MR) is 121 cm³/mol. The van der Waals surface area contributed by atoms with Crippen LogP contribution in [-0.4, -0.2) is 14.7 Å². The third-order valence-corrected chi connectivity index (χ3v) is 5.89. The van der Waals surface area contributed by atoms with Crippen LogP contribution in [0.1, 0.15) is 96.8 Å². The summed E-state index contributed by atoms with van der Waals surface area (Å²) in [7, 11) is 0. The summed E-state index contributed by atoms with van der Waals surface area (Å²) in [5, 5.41) is 5.53. The lowest BCUT2D eigenvalue weighted by molar-refractivity contribution is 0.351. The molecule has 0 aliphatic rings. The molecule has 0 aliphatic heterocycles. The van der Waals surface area contributed by atoms with Crippen LogP contribution in [0.2, 0.25) is 0 Å². The minimum atomic E-state index is 0.317. The molecule has 4 heteroatoms. The van der Waals surface area contributed by atoms with Gasteiger partial charge in [-0.1, -0.05) is 95.5 Å². The highest BCUT2D eigenvalue weighted by atomic mass is 16.5. The van der Waals surface area contributed by atoms with Gasteiger partial charge in [0.2, 0.25) is 11.7 Å². The van der Waals surface area contributed by atoms with E-state index in [1.807, 2.05) is 0 Å². The van der Waals surface area contributed by atoms with Crippen LogP contribution in [-0.2, 0) is 6.54 Å². The first-order valence-corrected chi connectivity index (χ1v) is 11.7. The predicted octanol–water partition coefficient (Wildman–Crippen LogP) is 7.74. The molecule has 0 N–H and O–H groups in total. The summed E-state index contributed by atoms with van der Waals surface area (Å²) < 4.78 is 7.98. The Morgan fingerprint density at radius 2 is 1.66 bits per heavy atom. The Kier molecular flexibility index (Phi) is 8.33. The van der Waals surface area contributed by atoms with Crippen LogP contribution in [0.3, 0.4) is 0 Å². The monoisotopic (exact) mass is 395 g/mol. The second kappa shape index (κ2) is 11.2. The minimum Gasteiger partial charge on any atom is -0.347 e. The number of para-hydroxylation sites is 1. The Morgan fingerprint density at radius 1 is 0.931 bits per heavy atom. The van der Waals surface area contributed by atoms with Gasteiger partial charge in [-0.2, -0.15) is 4.98 Å². The summed E-state index contributed by atoms with van der Waals surface area (Å²) in [6, 6.07) is 8.57. The van der Waals surface area contributed by atoms with E-state index in [0.717, 1.165) is 30.2 Å². The molecule has 0 spiro atoms. The highest BCUT2D eigenvalue weighted by Crippen LogP contribution is 2.31. The summed E-state index contributed by atoms with van der Waals surface area (Å²) in [4.78, 5) is 4.74. The second-order valence-corrected chi connectivity index (χ2v) is 8.37. The van der Waals surface area contributed by atoms with Gasteiger partial charge in [-0.05, 0) is 18.9 Å². The lowest BCUT2D eigenvalue weighted by atomic mass is 10.0. The van der Waals surface area contributed by atoms with Gasteiger partial charge in [0.1, 0.15) is 0 Å². The molecular formula is C25H37N3O. The largest absolute Gasteiger partial charge is 0.347 e. The molecule has 0 saturated carbocycles. The molecule has 0 fully saturated rings. The maximum absolute atomic E-state index is 5.61. The van der Waals surface area contributed by atoms with Crippen molar-refractivity contribution < 1.29 is 4.52 Å². The SMILES string of the molecule is CCCCCCCCCn1cc(-c2noc([C@@H](C)CCCC)n2)c2ccccc21. The summed E-state index contributed by atoms with van der Waals surface area (Å²) in [6.07, 6.45) is 15.0. The summed E-state index contributed by atoms with van der Waals surface area (Å²) in [6.45, 7) is 7.71. The van der Waals surface area contributed by atoms with E-state index in [1.165, 1.54) is 68.7 Å². The Labute approximate surface area is 175 Å². The van der Waals surface area contributed by atoms with Gasteiger partial charge in [-0.25, -0.2) is 0 Å². The zero-order valence-electron chi connectivity index (χ0n) is 18.5. The lowest BCUT2D eigenvalue weighted by Crippen LogP contribution is -1.96. The highest BCUT2D eigenvalue weighted by molar-refractivity contribution is 5.94. The van der Waals surface area contributed by atoms with Crippen molar-refractivity contribution in [2.24, 2.45) is 0 Å². The van der Waals surface area contributed by atoms with Gasteiger partial charge >= 0.3 is 0 Å². The molecule has 2 aromatic heterocycles. The number of fused-ring (bicyclic) bond motifs is 1. The molecule has 158 valence electrons. The van der Waals surface area contributed by atoms with E-state index in [9.17, 15) is 0 Å². The van der Waals surface area contributed by atoms with Crippen LogP contribution in [0.15, 0.2) is 35.0 Å². The quantitative estimate of drug-likeness (QED) is 0.278. The molecule has 3 aromatic rings. The molecule has 0 aliphatic carbocycles. The van der Waals surface area contributed by atoms with Crippen molar-refractivity contribution in [3.8, 4) is 11.4 Å². The van der Waals surface area contributed by atoms with Gasteiger partial charge in [-0.15, -0.1) is 0 Å². The third-order valence-electron chi connectivity index (χ3n) is 5.89. The van der Waals surface area contributed by atoms with E-state index in [2.05, 4.69) is 61.0 Å². The molecule has 0 amide bonds. The fourth-order valence-electron chi connectivity index (χ4n) is 4.03. The Bertz CT molecular complexity index is 864. The number of hydrogen-bond acceptors (Lipinski definition) is 3. The van der Waals surface area contributed by atoms with Crippen molar-refractivity contribution in [2.45, 2.75) is 97.4 Å². The minimum absolute atomic E-state index is 0.317. The average Bonchev–Trinajstić information content (AvgIpc) is 3.37. The smallest absolute Gasteiger partial charge is 0.229 e. The zero-order chi connectivity index (χ0) is 20.5. The molecule has 29 heavy (non-hydrogen) atoms. The number of aromatic nitrogens is 3. The van der Waals surface area contributed by atoms with E-state index in [1.54, 1.807) is 0 Å². The Hall–Kier alpha value is -2.10. The Morgan fingerprint density at radius 3 is 2.45 bits per heavy atom. The van der Waals surface area contributed by atoms with Crippen molar-refractivity contribution in [3.63, 3.8) is 0 Å². The first-order chi connectivity index (χ1) is 14.2. The molecule has 0 bridgehead atoms. The highest BCUT2D eigenvalue weighted by Gasteiger charge is 2.18. The summed E-state index contributed by atoms with van der Waals surface area (Å²) in [5.74, 6) is 1.80. The number of aryl methyl sites for hydroxylation is 1. The zero-order valence-corrected chi connectivity index (χ0v) is 18.5. The fourth-order valence-corrected chi connectivity index (χ4v) is 4.03. The average molecular weight is 396 g/mol. The summed E-state index contributed by atoms with van der Waals surface area (Å²) >= 11 is 0. The second-order valence-electron chi connectivity index (χ2n) is 8.37. The molecule has 0 unspecified atom stereocenters. The standard InChI is InChI=1S/C25H37N3O/c1-4-6-8-9-10-11-14-18-28-19-22(21-16-12-13-17-23(21)28)24-26-25(29-27-24)20(3)15-7-5-2/h12-13,16-17,19-20H,4-11,14-15,18H2,1-3H3/t20-/m0/s1. The van der Waals surface area contributed by atoms with Crippen LogP contribution < -0.4 is 0 Å². The lowest BCUT2D eigenvalue weighted by Gasteiger charge is -2.05. The molecule has 1 atom stereocenters. The number of rotatable bonds is 13. The van der Waals surface area contributed by atoms with Crippen molar-refractivity contribution in [1.82, 2.24) is 14.7 Å². The van der Waals surface area contributed by atoms with E-state index in [-0.39, 0.29) is 0 Å². The van der Waals surface area contributed by atoms with E-state index >= 15 is 0 Å². The molecule has 0 saturated heterocycles. The van der Waals surface area contributed by atoms with Crippen molar-refractivity contribution in [1.29, 1.82) is 0 Å². The first kappa shape index (κ1) is 21.6. The molecule has 3 rings (SSSR count). The van der Waals surface area contributed by atoms with Crippen LogP contribution in [0.4, 0.5) is 0 Å². The fraction of sp³-hybridized carbons (Fsp3) is 0.600. The molecule has 1 aromatic carbocycles. The van der Waals surface area contributed by atoms with Crippen molar-refractivity contribution in [3.05, 3.63) is 36.4 Å². The first-order valence-electron chi connectivity index (χ1n) is 11.7. The normalized spacial score (nSPS) is 12.7. The Balaban J connectivity index is 1.69. The molecule has 0 radical (unpaired) electrons. The van der Waals surface area contributed by atoms with E-state index in [0.29, 0.717) is 5.92 Å².